The van der Waals surface area contributed by atoms with Crippen LogP contribution in [0.5, 0.6) is 17.2 Å². The number of aromatic carboxylic acids is 1. The van der Waals surface area contributed by atoms with Crippen molar-refractivity contribution < 1.29 is 24.2 Å². The molecule has 0 atom stereocenters. The molecule has 0 aliphatic heterocycles. The first-order valence-corrected chi connectivity index (χ1v) is 15.2. The van der Waals surface area contributed by atoms with E-state index in [9.17, 15) is 14.7 Å². The minimum atomic E-state index is -1.09. The van der Waals surface area contributed by atoms with E-state index < -0.39 is 5.97 Å². The molecule has 8 heteroatoms. The Morgan fingerprint density at radius 3 is 2.16 bits per heavy atom. The van der Waals surface area contributed by atoms with Crippen molar-refractivity contribution >= 4 is 29.5 Å². The van der Waals surface area contributed by atoms with Gasteiger partial charge in [-0.1, -0.05) is 43.2 Å². The smallest absolute Gasteiger partial charge is 0.337 e. The zero-order valence-electron chi connectivity index (χ0n) is 24.4. The maximum atomic E-state index is 12.5. The topological polar surface area (TPSA) is 96.9 Å². The molecule has 3 N–H and O–H groups in total. The molecule has 0 unspecified atom stereocenters. The van der Waals surface area contributed by atoms with Crippen LogP contribution in [0.2, 0.25) is 0 Å². The van der Waals surface area contributed by atoms with Gasteiger partial charge in [-0.05, 0) is 116 Å². The van der Waals surface area contributed by atoms with Crippen molar-refractivity contribution in [1.82, 2.24) is 4.72 Å². The van der Waals surface area contributed by atoms with Crippen LogP contribution in [-0.4, -0.2) is 29.1 Å². The highest BCUT2D eigenvalue weighted by Crippen LogP contribution is 2.34. The quantitative estimate of drug-likeness (QED) is 0.143. The number of benzene rings is 4. The average Bonchev–Trinajstić information content (AvgIpc) is 3.48. The van der Waals surface area contributed by atoms with Gasteiger partial charge in [0.05, 0.1) is 23.2 Å². The lowest BCUT2D eigenvalue weighted by molar-refractivity contribution is -0.115. The first-order chi connectivity index (χ1) is 20.8. The van der Waals surface area contributed by atoms with Gasteiger partial charge < -0.3 is 19.9 Å². The standard InChI is InChI=1S/C35H36N2O5S/c1-24-9-18-30(21-25(24)2)43-37-35(19-5-6-20-35)23-41-27-14-16-29(17-15-27)42-28-12-10-26(11-13-28)22-33(38)36-32-8-4-3-7-31(32)34(39)40/h3-4,7-18,21,37H,5-6,19-20,22-23H2,1-2H3,(H,36,38)(H,39,40). The number of hydrogen-bond acceptors (Lipinski definition) is 6. The summed E-state index contributed by atoms with van der Waals surface area (Å²) in [5.41, 5.74) is 3.65. The number of para-hydroxylation sites is 1. The second-order valence-corrected chi connectivity index (χ2v) is 11.9. The van der Waals surface area contributed by atoms with Crippen molar-refractivity contribution in [2.45, 2.75) is 56.4 Å². The Bertz CT molecular complexity index is 1560. The normalized spacial score (nSPS) is 13.8. The lowest BCUT2D eigenvalue weighted by Gasteiger charge is -2.29. The molecule has 1 aliphatic rings. The van der Waals surface area contributed by atoms with E-state index in [1.165, 1.54) is 34.9 Å². The Morgan fingerprint density at radius 2 is 1.49 bits per heavy atom. The van der Waals surface area contributed by atoms with Gasteiger partial charge in [0.25, 0.3) is 0 Å². The summed E-state index contributed by atoms with van der Waals surface area (Å²) in [7, 11) is 0. The first-order valence-electron chi connectivity index (χ1n) is 14.4. The third kappa shape index (κ3) is 8.18. The molecule has 1 saturated carbocycles. The molecule has 7 nitrogen and oxygen atoms in total. The predicted octanol–water partition coefficient (Wildman–Crippen LogP) is 7.96. The molecular weight excluding hydrogens is 560 g/mol. The fourth-order valence-corrected chi connectivity index (χ4v) is 6.04. The number of hydrogen-bond donors (Lipinski definition) is 3. The number of carboxylic acids is 1. The van der Waals surface area contributed by atoms with Crippen molar-refractivity contribution in [3.05, 3.63) is 113 Å². The highest BCUT2D eigenvalue weighted by Gasteiger charge is 2.35. The zero-order valence-corrected chi connectivity index (χ0v) is 25.2. The molecule has 222 valence electrons. The SMILES string of the molecule is Cc1ccc(SNC2(COc3ccc(Oc4ccc(CC(=O)Nc5ccccc5C(=O)O)cc4)cc3)CCCC2)cc1C. The van der Waals surface area contributed by atoms with Gasteiger partial charge in [0, 0.05) is 4.90 Å². The Balaban J connectivity index is 1.11. The highest BCUT2D eigenvalue weighted by molar-refractivity contribution is 7.97. The van der Waals surface area contributed by atoms with Crippen LogP contribution < -0.4 is 19.5 Å². The highest BCUT2D eigenvalue weighted by atomic mass is 32.2. The summed E-state index contributed by atoms with van der Waals surface area (Å²) in [5.74, 6) is 0.738. The number of anilines is 1. The third-order valence-electron chi connectivity index (χ3n) is 7.72. The number of carboxylic acid groups (broad SMARTS) is 1. The largest absolute Gasteiger partial charge is 0.492 e. The average molecular weight is 597 g/mol. The van der Waals surface area contributed by atoms with Crippen molar-refractivity contribution in [2.75, 3.05) is 11.9 Å². The number of rotatable bonds is 12. The monoisotopic (exact) mass is 596 g/mol. The molecule has 0 aromatic heterocycles. The summed E-state index contributed by atoms with van der Waals surface area (Å²) in [6.07, 6.45) is 4.66. The first kappa shape index (κ1) is 30.2. The second kappa shape index (κ2) is 13.8. The maximum absolute atomic E-state index is 12.5. The van der Waals surface area contributed by atoms with Crippen LogP contribution in [0.3, 0.4) is 0 Å². The number of ether oxygens (including phenoxy) is 2. The van der Waals surface area contributed by atoms with Crippen LogP contribution in [0.25, 0.3) is 0 Å². The molecule has 0 bridgehead atoms. The van der Waals surface area contributed by atoms with E-state index in [1.54, 1.807) is 42.3 Å². The summed E-state index contributed by atoms with van der Waals surface area (Å²) in [6, 6.07) is 27.8. The fraction of sp³-hybridized carbons (Fsp3) is 0.257. The molecule has 0 spiro atoms. The van der Waals surface area contributed by atoms with Gasteiger partial charge in [0.15, 0.2) is 0 Å². The predicted molar refractivity (Wildman–Crippen MR) is 170 cm³/mol. The summed E-state index contributed by atoms with van der Waals surface area (Å²) in [6.45, 7) is 4.88. The molecule has 1 aliphatic carbocycles. The number of carbonyl (C=O) groups is 2. The Morgan fingerprint density at radius 1 is 0.837 bits per heavy atom. The summed E-state index contributed by atoms with van der Waals surface area (Å²) >= 11 is 1.69. The Labute approximate surface area is 256 Å². The third-order valence-corrected chi connectivity index (χ3v) is 8.74. The van der Waals surface area contributed by atoms with Gasteiger partial charge >= 0.3 is 5.97 Å². The van der Waals surface area contributed by atoms with Gasteiger partial charge in [0.2, 0.25) is 5.91 Å². The summed E-state index contributed by atoms with van der Waals surface area (Å²) in [5, 5.41) is 12.0. The van der Waals surface area contributed by atoms with E-state index in [1.807, 2.05) is 36.4 Å². The van der Waals surface area contributed by atoms with E-state index in [0.29, 0.717) is 18.1 Å². The van der Waals surface area contributed by atoms with Crippen LogP contribution in [-0.2, 0) is 11.2 Å². The van der Waals surface area contributed by atoms with Gasteiger partial charge in [0.1, 0.15) is 23.9 Å². The number of carbonyl (C=O) groups excluding carboxylic acids is 1. The second-order valence-electron chi connectivity index (χ2n) is 11.0. The van der Waals surface area contributed by atoms with Crippen molar-refractivity contribution in [1.29, 1.82) is 0 Å². The lowest BCUT2D eigenvalue weighted by atomic mass is 10.0. The molecule has 5 rings (SSSR count). The van der Waals surface area contributed by atoms with Crippen LogP contribution in [0.1, 0.15) is 52.7 Å². The van der Waals surface area contributed by atoms with Crippen LogP contribution in [0, 0.1) is 13.8 Å². The van der Waals surface area contributed by atoms with Gasteiger partial charge in [-0.3, -0.25) is 9.52 Å². The number of nitrogens with one attached hydrogen (secondary N) is 2. The minimum absolute atomic E-state index is 0.0536. The van der Waals surface area contributed by atoms with E-state index >= 15 is 0 Å². The van der Waals surface area contributed by atoms with Crippen LogP contribution in [0.15, 0.2) is 95.9 Å². The van der Waals surface area contributed by atoms with Crippen LogP contribution in [0.4, 0.5) is 5.69 Å². The summed E-state index contributed by atoms with van der Waals surface area (Å²) < 4.78 is 16.0. The fourth-order valence-electron chi connectivity index (χ4n) is 5.07. The molecule has 1 fully saturated rings. The van der Waals surface area contributed by atoms with Crippen molar-refractivity contribution in [3.8, 4) is 17.2 Å². The van der Waals surface area contributed by atoms with Gasteiger partial charge in [-0.2, -0.15) is 0 Å². The Kier molecular flexibility index (Phi) is 9.69. The molecular formula is C35H36N2O5S. The van der Waals surface area contributed by atoms with Gasteiger partial charge in [-0.25, -0.2) is 4.79 Å². The Hall–Kier alpha value is -4.27. The number of aryl methyl sites for hydroxylation is 2. The maximum Gasteiger partial charge on any atom is 0.337 e. The van der Waals surface area contributed by atoms with E-state index in [-0.39, 0.29) is 29.1 Å². The van der Waals surface area contributed by atoms with Crippen molar-refractivity contribution in [3.63, 3.8) is 0 Å². The van der Waals surface area contributed by atoms with Crippen LogP contribution >= 0.6 is 11.9 Å². The molecule has 0 radical (unpaired) electrons. The zero-order chi connectivity index (χ0) is 30.2. The van der Waals surface area contributed by atoms with E-state index in [4.69, 9.17) is 9.47 Å². The molecule has 4 aromatic rings. The van der Waals surface area contributed by atoms with Crippen molar-refractivity contribution in [2.24, 2.45) is 0 Å². The molecule has 0 saturated heterocycles. The van der Waals surface area contributed by atoms with E-state index in [2.05, 4.69) is 42.1 Å². The minimum Gasteiger partial charge on any atom is -0.492 e. The molecule has 4 aromatic carbocycles. The lowest BCUT2D eigenvalue weighted by Crippen LogP contribution is -2.44. The number of amides is 1. The molecule has 43 heavy (non-hydrogen) atoms. The van der Waals surface area contributed by atoms with E-state index in [0.717, 1.165) is 24.2 Å². The molecule has 1 amide bonds. The van der Waals surface area contributed by atoms with Gasteiger partial charge in [-0.15, -0.1) is 0 Å². The summed E-state index contributed by atoms with van der Waals surface area (Å²) in [4.78, 5) is 25.1. The molecule has 0 heterocycles.